The van der Waals surface area contributed by atoms with Gasteiger partial charge in [0.15, 0.2) is 5.56 Å². The lowest BCUT2D eigenvalue weighted by Gasteiger charge is -2.23. The fourth-order valence-electron chi connectivity index (χ4n) is 4.04. The lowest BCUT2D eigenvalue weighted by molar-refractivity contribution is 0.281. The van der Waals surface area contributed by atoms with E-state index in [4.69, 9.17) is 11.6 Å². The van der Waals surface area contributed by atoms with Gasteiger partial charge in [-0.25, -0.2) is 0 Å². The molecule has 0 spiro atoms. The number of nitrogens with zero attached hydrogens (tertiary/aromatic N) is 2. The predicted octanol–water partition coefficient (Wildman–Crippen LogP) is 7.34. The summed E-state index contributed by atoms with van der Waals surface area (Å²) in [7, 11) is 0. The lowest BCUT2D eigenvalue weighted by Crippen LogP contribution is -2.24. The number of hydrogen-bond acceptors (Lipinski definition) is 4. The van der Waals surface area contributed by atoms with Crippen LogP contribution in [0.25, 0.3) is 0 Å². The predicted molar refractivity (Wildman–Crippen MR) is 143 cm³/mol. The van der Waals surface area contributed by atoms with Crippen molar-refractivity contribution in [3.05, 3.63) is 28.8 Å². The lowest BCUT2D eigenvalue weighted by atomic mass is 9.98. The molecule has 5 heteroatoms. The third-order valence-electron chi connectivity index (χ3n) is 6.61. The van der Waals surface area contributed by atoms with E-state index in [2.05, 4.69) is 61.3 Å². The van der Waals surface area contributed by atoms with Crippen molar-refractivity contribution in [2.75, 3.05) is 26.2 Å². The van der Waals surface area contributed by atoms with E-state index in [0.717, 1.165) is 56.8 Å². The van der Waals surface area contributed by atoms with Crippen LogP contribution in [0.15, 0.2) is 12.1 Å². The van der Waals surface area contributed by atoms with Gasteiger partial charge >= 0.3 is 0 Å². The van der Waals surface area contributed by atoms with Gasteiger partial charge in [0.1, 0.15) is 5.75 Å². The summed E-state index contributed by atoms with van der Waals surface area (Å²) in [4.78, 5) is 4.77. The molecule has 0 amide bonds. The molecule has 1 saturated heterocycles. The molecule has 1 heterocycles. The maximum absolute atomic E-state index is 10.9. The van der Waals surface area contributed by atoms with Crippen molar-refractivity contribution in [1.82, 2.24) is 9.80 Å². The Morgan fingerprint density at radius 3 is 1.55 bits per heavy atom. The first kappa shape index (κ1) is 30.2. The molecule has 0 aromatic heterocycles. The first-order chi connectivity index (χ1) is 15.9. The molecule has 0 bridgehead atoms. The number of rotatable bonds is 16. The molecule has 1 aromatic rings. The second kappa shape index (κ2) is 17.6. The zero-order chi connectivity index (χ0) is 24.6. The topological polar surface area (TPSA) is 39.2 Å². The molecule has 1 fully saturated rings. The van der Waals surface area contributed by atoms with Crippen molar-refractivity contribution >= 4 is 11.6 Å². The number of phenols is 1. The van der Waals surface area contributed by atoms with E-state index in [0.29, 0.717) is 11.9 Å². The van der Waals surface area contributed by atoms with Crippen LogP contribution in [0, 0.1) is 0 Å². The van der Waals surface area contributed by atoms with Gasteiger partial charge < -0.3 is 9.84 Å². The first-order valence-corrected chi connectivity index (χ1v) is 13.9. The number of alkyl halides is 1. The number of unbranched alkanes of at least 4 members (excludes halogenated alkanes) is 6. The second-order valence-electron chi connectivity index (χ2n) is 9.25. The summed E-state index contributed by atoms with van der Waals surface area (Å²) in [6, 6.07) is 4.52. The van der Waals surface area contributed by atoms with E-state index in [9.17, 15) is 5.11 Å². The first-order valence-electron chi connectivity index (χ1n) is 13.5. The average Bonchev–Trinajstić information content (AvgIpc) is 3.48. The summed E-state index contributed by atoms with van der Waals surface area (Å²) in [6.07, 6.45) is 10.8. The maximum atomic E-state index is 10.9. The van der Waals surface area contributed by atoms with E-state index in [-0.39, 0.29) is 5.56 Å². The van der Waals surface area contributed by atoms with Crippen molar-refractivity contribution < 1.29 is 9.84 Å². The number of epoxide rings is 1. The third kappa shape index (κ3) is 12.5. The van der Waals surface area contributed by atoms with Crippen LogP contribution in [0.4, 0.5) is 0 Å². The Morgan fingerprint density at radius 2 is 1.18 bits per heavy atom. The van der Waals surface area contributed by atoms with Crippen LogP contribution in [0.3, 0.4) is 0 Å². The fraction of sp³-hybridized carbons (Fsp3) is 0.786. The van der Waals surface area contributed by atoms with Crippen LogP contribution < -0.4 is 0 Å². The minimum Gasteiger partial charge on any atom is -0.507 e. The molecule has 0 aliphatic carbocycles. The second-order valence-corrected chi connectivity index (χ2v) is 9.68. The summed E-state index contributed by atoms with van der Waals surface area (Å²) in [5.74, 6) is 0.516. The molecule has 1 aliphatic rings. The van der Waals surface area contributed by atoms with Gasteiger partial charge in [-0.05, 0) is 51.5 Å². The number of benzene rings is 1. The monoisotopic (exact) mass is 482 g/mol. The highest BCUT2D eigenvalue weighted by Crippen LogP contribution is 2.28. The Morgan fingerprint density at radius 1 is 0.788 bits per heavy atom. The summed E-state index contributed by atoms with van der Waals surface area (Å²) in [6.45, 7) is 18.7. The van der Waals surface area contributed by atoms with Crippen LogP contribution in [0.5, 0.6) is 5.75 Å². The quantitative estimate of drug-likeness (QED) is 0.152. The molecule has 2 rings (SSSR count). The maximum Gasteiger partial charge on any atom is 0.157 e. The molecule has 192 valence electrons. The largest absolute Gasteiger partial charge is 0.507 e. The van der Waals surface area contributed by atoms with Gasteiger partial charge in [-0.2, -0.15) is 0 Å². The molecular weight excluding hydrogens is 432 g/mol. The Bertz CT molecular complexity index is 591. The minimum atomic E-state index is 0.0231. The van der Waals surface area contributed by atoms with E-state index in [1.54, 1.807) is 0 Å². The van der Waals surface area contributed by atoms with E-state index in [1.807, 2.05) is 6.92 Å². The summed E-state index contributed by atoms with van der Waals surface area (Å²) in [5, 5.41) is 10.9. The van der Waals surface area contributed by atoms with Gasteiger partial charge in [0.25, 0.3) is 0 Å². The molecular formula is C28H51ClN2O2. The molecule has 0 saturated carbocycles. The minimum absolute atomic E-state index is 0.0231. The van der Waals surface area contributed by atoms with Crippen LogP contribution in [-0.2, 0) is 24.2 Å². The van der Waals surface area contributed by atoms with Crippen LogP contribution >= 0.6 is 11.6 Å². The van der Waals surface area contributed by atoms with Crippen molar-refractivity contribution in [3.8, 4) is 5.75 Å². The molecule has 1 aliphatic heterocycles. The van der Waals surface area contributed by atoms with E-state index >= 15 is 0 Å². The van der Waals surface area contributed by atoms with Crippen molar-refractivity contribution in [2.45, 2.75) is 118 Å². The van der Waals surface area contributed by atoms with Crippen LogP contribution in [0.1, 0.15) is 103 Å². The van der Waals surface area contributed by atoms with E-state index in [1.165, 1.54) is 50.5 Å². The Hall–Kier alpha value is -0.810. The third-order valence-corrected chi connectivity index (χ3v) is 7.07. The van der Waals surface area contributed by atoms with Crippen molar-refractivity contribution in [1.29, 1.82) is 0 Å². The Kier molecular flexibility index (Phi) is 16.1. The summed E-state index contributed by atoms with van der Waals surface area (Å²) >= 11 is 5.31. The van der Waals surface area contributed by atoms with Gasteiger partial charge in [-0.3, -0.25) is 9.80 Å². The van der Waals surface area contributed by atoms with Crippen LogP contribution in [0.2, 0.25) is 0 Å². The van der Waals surface area contributed by atoms with E-state index < -0.39 is 0 Å². The van der Waals surface area contributed by atoms with Gasteiger partial charge in [0, 0.05) is 24.2 Å². The van der Waals surface area contributed by atoms with Gasteiger partial charge in [0.05, 0.1) is 6.10 Å². The number of aromatic hydroxyl groups is 1. The SMILES string of the molecule is CC1OC1Cl.CCCCCCCCCc1cc(CN(CC)CC)c(O)c(CN(CC)CC)c1. The molecule has 1 N–H and O–H groups in total. The average molecular weight is 483 g/mol. The molecule has 0 radical (unpaired) electrons. The van der Waals surface area contributed by atoms with Gasteiger partial charge in [-0.15, -0.1) is 0 Å². The normalized spacial score (nSPS) is 17.4. The highest BCUT2D eigenvalue weighted by molar-refractivity contribution is 6.21. The number of hydrogen-bond donors (Lipinski definition) is 1. The molecule has 1 aromatic carbocycles. The number of aryl methyl sites for hydroxylation is 1. The molecule has 2 unspecified atom stereocenters. The highest BCUT2D eigenvalue weighted by Gasteiger charge is 2.30. The number of ether oxygens (including phenoxy) is 1. The molecule has 4 nitrogen and oxygen atoms in total. The van der Waals surface area contributed by atoms with Crippen molar-refractivity contribution in [3.63, 3.8) is 0 Å². The number of halogens is 1. The zero-order valence-corrected chi connectivity index (χ0v) is 23.1. The number of phenolic OH excluding ortho intramolecular Hbond substituents is 1. The summed E-state index contributed by atoms with van der Waals surface area (Å²) in [5.41, 5.74) is 3.63. The summed E-state index contributed by atoms with van der Waals surface area (Å²) < 4.78 is 4.68. The standard InChI is InChI=1S/C25H46N2O.C3H5ClO/c1-6-11-12-13-14-15-16-17-22-18-23(20-26(7-2)8-3)25(28)24(19-22)21-27(9-4)10-5;1-2-3(4)5-2/h18-19,28H,6-17,20-21H2,1-5H3;2-3H,1H3. The molecule has 2 atom stereocenters. The smallest absolute Gasteiger partial charge is 0.157 e. The highest BCUT2D eigenvalue weighted by atomic mass is 35.5. The Balaban J connectivity index is 0.000000953. The zero-order valence-electron chi connectivity index (χ0n) is 22.3. The fourth-order valence-corrected chi connectivity index (χ4v) is 4.20. The van der Waals surface area contributed by atoms with Crippen LogP contribution in [-0.4, -0.2) is 52.8 Å². The van der Waals surface area contributed by atoms with Gasteiger partial charge in [-0.1, -0.05) is 96.9 Å². The van der Waals surface area contributed by atoms with Crippen molar-refractivity contribution in [2.24, 2.45) is 0 Å². The van der Waals surface area contributed by atoms with Gasteiger partial charge in [0.2, 0.25) is 0 Å². The Labute approximate surface area is 209 Å². The molecule has 33 heavy (non-hydrogen) atoms.